The van der Waals surface area contributed by atoms with Crippen molar-refractivity contribution in [2.24, 2.45) is 10.8 Å². The minimum Gasteiger partial charge on any atom is -1.00 e. The molecule has 1 N–H and O–H groups in total. The molecule has 0 saturated heterocycles. The van der Waals surface area contributed by atoms with Gasteiger partial charge >= 0.3 is 0 Å². The monoisotopic (exact) mass is 357 g/mol. The lowest BCUT2D eigenvalue weighted by molar-refractivity contribution is -0.858. The van der Waals surface area contributed by atoms with E-state index in [4.69, 9.17) is 9.47 Å². The first-order valence-electron chi connectivity index (χ1n) is 8.71. The zero-order valence-electron chi connectivity index (χ0n) is 16.5. The lowest BCUT2D eigenvalue weighted by Crippen LogP contribution is -3.06. The number of para-hydroxylation sites is 1. The highest BCUT2D eigenvalue weighted by atomic mass is 35.5. The molecule has 0 bridgehead atoms. The Hall–Kier alpha value is -0.770. The predicted octanol–water partition coefficient (Wildman–Crippen LogP) is -0.155. The molecule has 1 aromatic carbocycles. The average molecular weight is 358 g/mol. The highest BCUT2D eigenvalue weighted by Crippen LogP contribution is 2.41. The van der Waals surface area contributed by atoms with Gasteiger partial charge in [0.15, 0.2) is 0 Å². The summed E-state index contributed by atoms with van der Waals surface area (Å²) in [5.41, 5.74) is 1.74. The molecule has 24 heavy (non-hydrogen) atoms. The van der Waals surface area contributed by atoms with Gasteiger partial charge in [0.2, 0.25) is 0 Å². The fourth-order valence-corrected chi connectivity index (χ4v) is 2.12. The molecule has 0 aliphatic carbocycles. The van der Waals surface area contributed by atoms with Crippen molar-refractivity contribution in [2.45, 2.75) is 41.0 Å². The van der Waals surface area contributed by atoms with E-state index >= 15 is 0 Å². The topological polar surface area (TPSA) is 22.9 Å². The van der Waals surface area contributed by atoms with Crippen LogP contribution in [0.4, 0.5) is 0 Å². The fraction of sp³-hybridized carbons (Fsp3) is 0.700. The maximum Gasteiger partial charge on any atom is 0.122 e. The van der Waals surface area contributed by atoms with Crippen LogP contribution in [0.5, 0.6) is 5.75 Å². The van der Waals surface area contributed by atoms with E-state index < -0.39 is 0 Å². The second-order valence-corrected chi connectivity index (χ2v) is 8.34. The standard InChI is InChI=1S/C20H35NO2.ClH/c1-19(2,3)20(4,5)16-17-10-8-9-11-18(17)23-15-14-22-13-12-21(6)7;/h8-11H,12-16H2,1-7H3;1H. The third kappa shape index (κ3) is 7.87. The summed E-state index contributed by atoms with van der Waals surface area (Å²) in [6, 6.07) is 8.38. The van der Waals surface area contributed by atoms with Crippen molar-refractivity contribution >= 4 is 0 Å². The Bertz CT molecular complexity index is 467. The first-order valence-corrected chi connectivity index (χ1v) is 8.71. The summed E-state index contributed by atoms with van der Waals surface area (Å²) in [5.74, 6) is 0.992. The second kappa shape index (κ2) is 10.3. The van der Waals surface area contributed by atoms with Crippen LogP contribution < -0.4 is 22.0 Å². The zero-order chi connectivity index (χ0) is 17.5. The van der Waals surface area contributed by atoms with Crippen molar-refractivity contribution in [2.75, 3.05) is 40.5 Å². The molecule has 0 unspecified atom stereocenters. The van der Waals surface area contributed by atoms with Crippen molar-refractivity contribution in [3.63, 3.8) is 0 Å². The van der Waals surface area contributed by atoms with Crippen molar-refractivity contribution in [3.8, 4) is 5.75 Å². The van der Waals surface area contributed by atoms with Gasteiger partial charge in [-0.1, -0.05) is 52.8 Å². The van der Waals surface area contributed by atoms with Crippen LogP contribution in [0, 0.1) is 10.8 Å². The Morgan fingerprint density at radius 3 is 2.12 bits per heavy atom. The van der Waals surface area contributed by atoms with Gasteiger partial charge < -0.3 is 26.8 Å². The largest absolute Gasteiger partial charge is 1.00 e. The predicted molar refractivity (Wildman–Crippen MR) is 97.4 cm³/mol. The molecule has 3 nitrogen and oxygen atoms in total. The summed E-state index contributed by atoms with van der Waals surface area (Å²) in [5, 5.41) is 0. The highest BCUT2D eigenvalue weighted by Gasteiger charge is 2.33. The second-order valence-electron chi connectivity index (χ2n) is 8.34. The van der Waals surface area contributed by atoms with Crippen LogP contribution in [0.15, 0.2) is 24.3 Å². The Balaban J connectivity index is 0.00000529. The van der Waals surface area contributed by atoms with Gasteiger partial charge in [0.25, 0.3) is 0 Å². The molecule has 0 amide bonds. The number of quaternary nitrogens is 1. The van der Waals surface area contributed by atoms with Crippen molar-refractivity contribution in [1.29, 1.82) is 0 Å². The minimum absolute atomic E-state index is 0. The summed E-state index contributed by atoms with van der Waals surface area (Å²) in [6.45, 7) is 14.6. The quantitative estimate of drug-likeness (QED) is 0.621. The Morgan fingerprint density at radius 2 is 1.54 bits per heavy atom. The van der Waals surface area contributed by atoms with Gasteiger partial charge in [0.1, 0.15) is 18.9 Å². The molecule has 0 fully saturated rings. The summed E-state index contributed by atoms with van der Waals surface area (Å²) in [6.07, 6.45) is 1.01. The Kier molecular flexibility index (Phi) is 9.94. The Labute approximate surface area is 155 Å². The van der Waals surface area contributed by atoms with E-state index in [1.54, 1.807) is 0 Å². The molecule has 0 aromatic heterocycles. The summed E-state index contributed by atoms with van der Waals surface area (Å²) >= 11 is 0. The number of hydrogen-bond acceptors (Lipinski definition) is 2. The number of ether oxygens (including phenoxy) is 2. The average Bonchev–Trinajstić information content (AvgIpc) is 2.42. The number of benzene rings is 1. The summed E-state index contributed by atoms with van der Waals surface area (Å²) < 4.78 is 11.6. The molecule has 0 heterocycles. The molecule has 0 aliphatic heterocycles. The first kappa shape index (κ1) is 23.2. The van der Waals surface area contributed by atoms with Crippen molar-refractivity contribution in [1.82, 2.24) is 0 Å². The maximum absolute atomic E-state index is 5.97. The lowest BCUT2D eigenvalue weighted by Gasteiger charge is -2.39. The summed E-state index contributed by atoms with van der Waals surface area (Å²) in [4.78, 5) is 1.40. The molecule has 0 aliphatic rings. The normalized spacial score (nSPS) is 12.2. The van der Waals surface area contributed by atoms with E-state index in [1.165, 1.54) is 10.5 Å². The highest BCUT2D eigenvalue weighted by molar-refractivity contribution is 5.34. The van der Waals surface area contributed by atoms with Crippen LogP contribution in [0.1, 0.15) is 40.2 Å². The molecule has 1 aromatic rings. The number of hydrogen-bond donors (Lipinski definition) is 1. The van der Waals surface area contributed by atoms with Crippen LogP contribution in [0.25, 0.3) is 0 Å². The van der Waals surface area contributed by atoms with E-state index in [0.717, 1.165) is 25.3 Å². The van der Waals surface area contributed by atoms with E-state index in [1.807, 2.05) is 6.07 Å². The number of likely N-dealkylation sites (N-methyl/N-ethyl adjacent to an activating group) is 1. The van der Waals surface area contributed by atoms with Gasteiger partial charge in [-0.2, -0.15) is 0 Å². The zero-order valence-corrected chi connectivity index (χ0v) is 17.3. The molecular formula is C20H36ClNO2. The third-order valence-electron chi connectivity index (χ3n) is 4.87. The number of rotatable bonds is 9. The van der Waals surface area contributed by atoms with Gasteiger partial charge in [0.05, 0.1) is 27.3 Å². The third-order valence-corrected chi connectivity index (χ3v) is 4.87. The maximum atomic E-state index is 5.97. The number of nitrogens with one attached hydrogen (secondary N) is 1. The van der Waals surface area contributed by atoms with E-state index in [-0.39, 0.29) is 23.2 Å². The van der Waals surface area contributed by atoms with E-state index in [9.17, 15) is 0 Å². The molecule has 0 saturated carbocycles. The molecule has 140 valence electrons. The van der Waals surface area contributed by atoms with Gasteiger partial charge in [-0.25, -0.2) is 0 Å². The first-order chi connectivity index (χ1) is 10.6. The van der Waals surface area contributed by atoms with E-state index in [0.29, 0.717) is 13.2 Å². The van der Waals surface area contributed by atoms with Crippen LogP contribution in [0.3, 0.4) is 0 Å². The van der Waals surface area contributed by atoms with Gasteiger partial charge in [-0.15, -0.1) is 0 Å². The number of halogens is 1. The SMILES string of the molecule is C[NH+](C)CCOCCOc1ccccc1CC(C)(C)C(C)(C)C.[Cl-]. The Morgan fingerprint density at radius 1 is 0.917 bits per heavy atom. The summed E-state index contributed by atoms with van der Waals surface area (Å²) in [7, 11) is 4.26. The van der Waals surface area contributed by atoms with Crippen molar-refractivity contribution < 1.29 is 26.8 Å². The van der Waals surface area contributed by atoms with Crippen molar-refractivity contribution in [3.05, 3.63) is 29.8 Å². The van der Waals surface area contributed by atoms with Crippen LogP contribution >= 0.6 is 0 Å². The molecule has 1 rings (SSSR count). The van der Waals surface area contributed by atoms with Gasteiger partial charge in [-0.3, -0.25) is 0 Å². The molecule has 0 atom stereocenters. The van der Waals surface area contributed by atoms with Crippen LogP contribution in [-0.2, 0) is 11.2 Å². The lowest BCUT2D eigenvalue weighted by atomic mass is 9.66. The minimum atomic E-state index is 0. The van der Waals surface area contributed by atoms with Gasteiger partial charge in [0, 0.05) is 0 Å². The molecular weight excluding hydrogens is 322 g/mol. The molecule has 4 heteroatoms. The van der Waals surface area contributed by atoms with Crippen LogP contribution in [-0.4, -0.2) is 40.5 Å². The molecule has 0 radical (unpaired) electrons. The van der Waals surface area contributed by atoms with Crippen LogP contribution in [0.2, 0.25) is 0 Å². The van der Waals surface area contributed by atoms with Gasteiger partial charge in [-0.05, 0) is 28.9 Å². The molecule has 0 spiro atoms. The van der Waals surface area contributed by atoms with E-state index in [2.05, 4.69) is 66.9 Å². The fourth-order valence-electron chi connectivity index (χ4n) is 2.12. The smallest absolute Gasteiger partial charge is 0.122 e.